The fourth-order valence-corrected chi connectivity index (χ4v) is 3.04. The normalized spacial score (nSPS) is 10.5. The monoisotopic (exact) mass is 340 g/mol. The van der Waals surface area contributed by atoms with Crippen LogP contribution in [0.4, 0.5) is 15.9 Å². The Labute approximate surface area is 141 Å². The van der Waals surface area contributed by atoms with Crippen molar-refractivity contribution in [2.24, 2.45) is 0 Å². The standard InChI is InChI=1S/C16H13FN6S/c17-10-2-1-3-12(6-10)23-5-4-11(22-23)9-24-16-13(8-18)14(19)7-15(20)21-16/h1-7H,9H2,(H4,19,20,21). The van der Waals surface area contributed by atoms with Gasteiger partial charge in [0.2, 0.25) is 0 Å². The third-order valence-electron chi connectivity index (χ3n) is 3.22. The van der Waals surface area contributed by atoms with E-state index in [0.717, 1.165) is 5.69 Å². The van der Waals surface area contributed by atoms with Crippen molar-refractivity contribution in [1.29, 1.82) is 5.26 Å². The summed E-state index contributed by atoms with van der Waals surface area (Å²) in [5.74, 6) is 0.420. The summed E-state index contributed by atoms with van der Waals surface area (Å²) in [4.78, 5) is 4.15. The lowest BCUT2D eigenvalue weighted by Gasteiger charge is -2.06. The van der Waals surface area contributed by atoms with Gasteiger partial charge in [-0.15, -0.1) is 0 Å². The first-order chi connectivity index (χ1) is 11.6. The maximum atomic E-state index is 13.3. The van der Waals surface area contributed by atoms with Crippen molar-refractivity contribution in [2.45, 2.75) is 10.8 Å². The highest BCUT2D eigenvalue weighted by Gasteiger charge is 2.11. The molecule has 0 unspecified atom stereocenters. The van der Waals surface area contributed by atoms with Crippen molar-refractivity contribution in [1.82, 2.24) is 14.8 Å². The Morgan fingerprint density at radius 3 is 2.83 bits per heavy atom. The van der Waals surface area contributed by atoms with Crippen LogP contribution in [0.5, 0.6) is 0 Å². The van der Waals surface area contributed by atoms with Gasteiger partial charge in [-0.05, 0) is 24.3 Å². The molecule has 0 radical (unpaired) electrons. The largest absolute Gasteiger partial charge is 0.397 e. The van der Waals surface area contributed by atoms with Crippen LogP contribution < -0.4 is 11.5 Å². The molecule has 0 spiro atoms. The van der Waals surface area contributed by atoms with Crippen LogP contribution in [0, 0.1) is 17.1 Å². The molecule has 0 atom stereocenters. The lowest BCUT2D eigenvalue weighted by atomic mass is 10.2. The number of benzene rings is 1. The summed E-state index contributed by atoms with van der Waals surface area (Å²) in [6, 6.07) is 11.5. The molecule has 6 nitrogen and oxygen atoms in total. The zero-order valence-corrected chi connectivity index (χ0v) is 13.3. The van der Waals surface area contributed by atoms with Crippen LogP contribution in [0.1, 0.15) is 11.3 Å². The van der Waals surface area contributed by atoms with E-state index in [0.29, 0.717) is 27.7 Å². The summed E-state index contributed by atoms with van der Waals surface area (Å²) >= 11 is 1.32. The van der Waals surface area contributed by atoms with Gasteiger partial charge >= 0.3 is 0 Å². The SMILES string of the molecule is N#Cc1c(N)cc(N)nc1SCc1ccn(-c2cccc(F)c2)n1. The molecule has 0 amide bonds. The lowest BCUT2D eigenvalue weighted by molar-refractivity contribution is 0.625. The Morgan fingerprint density at radius 1 is 1.25 bits per heavy atom. The Balaban J connectivity index is 1.78. The number of nitriles is 1. The van der Waals surface area contributed by atoms with Gasteiger partial charge in [0.1, 0.15) is 28.3 Å². The molecule has 3 aromatic rings. The van der Waals surface area contributed by atoms with E-state index in [9.17, 15) is 9.65 Å². The second-order valence-corrected chi connectivity index (χ2v) is 5.91. The zero-order chi connectivity index (χ0) is 17.1. The Bertz CT molecular complexity index is 931. The molecule has 3 rings (SSSR count). The number of aromatic nitrogens is 3. The number of hydrogen-bond acceptors (Lipinski definition) is 6. The maximum Gasteiger partial charge on any atom is 0.126 e. The molecule has 0 bridgehead atoms. The van der Waals surface area contributed by atoms with Gasteiger partial charge in [0.05, 0.1) is 17.1 Å². The third kappa shape index (κ3) is 3.31. The molecular weight excluding hydrogens is 327 g/mol. The highest BCUT2D eigenvalue weighted by atomic mass is 32.2. The van der Waals surface area contributed by atoms with Crippen LogP contribution >= 0.6 is 11.8 Å². The van der Waals surface area contributed by atoms with Gasteiger partial charge in [-0.2, -0.15) is 10.4 Å². The minimum Gasteiger partial charge on any atom is -0.397 e. The third-order valence-corrected chi connectivity index (χ3v) is 4.23. The van der Waals surface area contributed by atoms with Crippen LogP contribution in [0.3, 0.4) is 0 Å². The predicted octanol–water partition coefficient (Wildman–Crippen LogP) is 2.73. The van der Waals surface area contributed by atoms with Gasteiger partial charge < -0.3 is 11.5 Å². The second kappa shape index (κ2) is 6.60. The first kappa shape index (κ1) is 15.8. The minimum absolute atomic E-state index is 0.263. The topological polar surface area (TPSA) is 107 Å². The number of thioether (sulfide) groups is 1. The number of nitrogens with zero attached hydrogens (tertiary/aromatic N) is 4. The van der Waals surface area contributed by atoms with E-state index in [1.54, 1.807) is 23.0 Å². The molecule has 0 aliphatic heterocycles. The van der Waals surface area contributed by atoms with Crippen LogP contribution in [0.2, 0.25) is 0 Å². The van der Waals surface area contributed by atoms with Gasteiger partial charge in [0.25, 0.3) is 0 Å². The number of nitrogen functional groups attached to an aromatic ring is 2. The molecule has 0 fully saturated rings. The summed E-state index contributed by atoms with van der Waals surface area (Å²) in [6.07, 6.45) is 1.75. The van der Waals surface area contributed by atoms with Crippen LogP contribution in [-0.4, -0.2) is 14.8 Å². The van der Waals surface area contributed by atoms with Crippen molar-refractivity contribution in [3.63, 3.8) is 0 Å². The molecule has 8 heteroatoms. The zero-order valence-electron chi connectivity index (χ0n) is 12.5. The van der Waals surface area contributed by atoms with E-state index < -0.39 is 0 Å². The van der Waals surface area contributed by atoms with Crippen LogP contribution in [0.15, 0.2) is 47.6 Å². The molecule has 4 N–H and O–H groups in total. The smallest absolute Gasteiger partial charge is 0.126 e. The average molecular weight is 340 g/mol. The quantitative estimate of drug-likeness (QED) is 0.707. The first-order valence-corrected chi connectivity index (χ1v) is 7.95. The van der Waals surface area contributed by atoms with Crippen LogP contribution in [0.25, 0.3) is 5.69 Å². The number of hydrogen-bond donors (Lipinski definition) is 2. The summed E-state index contributed by atoms with van der Waals surface area (Å²) < 4.78 is 14.9. The van der Waals surface area contributed by atoms with E-state index in [4.69, 9.17) is 11.5 Å². The van der Waals surface area contributed by atoms with Gasteiger partial charge in [0, 0.05) is 18.0 Å². The second-order valence-electron chi connectivity index (χ2n) is 4.95. The van der Waals surface area contributed by atoms with Crippen molar-refractivity contribution in [3.05, 3.63) is 59.7 Å². The van der Waals surface area contributed by atoms with E-state index in [1.807, 2.05) is 12.1 Å². The summed E-state index contributed by atoms with van der Waals surface area (Å²) in [7, 11) is 0. The molecule has 0 saturated heterocycles. The van der Waals surface area contributed by atoms with Gasteiger partial charge in [-0.3, -0.25) is 0 Å². The number of anilines is 2. The van der Waals surface area contributed by atoms with Gasteiger partial charge in [0.15, 0.2) is 0 Å². The highest BCUT2D eigenvalue weighted by molar-refractivity contribution is 7.98. The van der Waals surface area contributed by atoms with Crippen LogP contribution in [-0.2, 0) is 5.75 Å². The molecule has 24 heavy (non-hydrogen) atoms. The summed E-state index contributed by atoms with van der Waals surface area (Å²) in [5, 5.41) is 14.0. The molecule has 0 aliphatic carbocycles. The molecular formula is C16H13FN6S. The van der Waals surface area contributed by atoms with Gasteiger partial charge in [-0.1, -0.05) is 17.8 Å². The van der Waals surface area contributed by atoms with E-state index >= 15 is 0 Å². The molecule has 2 aromatic heterocycles. The lowest BCUT2D eigenvalue weighted by Crippen LogP contribution is -2.00. The van der Waals surface area contributed by atoms with Gasteiger partial charge in [-0.25, -0.2) is 14.1 Å². The number of rotatable bonds is 4. The molecule has 0 aliphatic rings. The first-order valence-electron chi connectivity index (χ1n) is 6.96. The number of pyridine rings is 1. The molecule has 0 saturated carbocycles. The van der Waals surface area contributed by atoms with Crippen molar-refractivity contribution >= 4 is 23.3 Å². The molecule has 120 valence electrons. The Morgan fingerprint density at radius 2 is 2.08 bits per heavy atom. The van der Waals surface area contributed by atoms with Crippen molar-refractivity contribution in [2.75, 3.05) is 11.5 Å². The fraction of sp³-hybridized carbons (Fsp3) is 0.0625. The average Bonchev–Trinajstić information content (AvgIpc) is 3.01. The van der Waals surface area contributed by atoms with E-state index in [-0.39, 0.29) is 11.6 Å². The Kier molecular flexibility index (Phi) is 4.35. The van der Waals surface area contributed by atoms with Crippen molar-refractivity contribution in [3.8, 4) is 11.8 Å². The minimum atomic E-state index is -0.322. The van der Waals surface area contributed by atoms with E-state index in [1.165, 1.54) is 30.0 Å². The number of halogens is 1. The van der Waals surface area contributed by atoms with E-state index in [2.05, 4.69) is 10.1 Å². The fourth-order valence-electron chi connectivity index (χ4n) is 2.12. The summed E-state index contributed by atoms with van der Waals surface area (Å²) in [6.45, 7) is 0. The molecule has 1 aromatic carbocycles. The molecule has 2 heterocycles. The van der Waals surface area contributed by atoms with Crippen molar-refractivity contribution < 1.29 is 4.39 Å². The predicted molar refractivity (Wildman–Crippen MR) is 90.9 cm³/mol. The summed E-state index contributed by atoms with van der Waals surface area (Å²) in [5.41, 5.74) is 13.5. The number of nitrogens with two attached hydrogens (primary N) is 2. The highest BCUT2D eigenvalue weighted by Crippen LogP contribution is 2.28. The maximum absolute atomic E-state index is 13.3. The Hall–Kier alpha value is -3.05.